The minimum absolute atomic E-state index is 0.0559. The predicted molar refractivity (Wildman–Crippen MR) is 62.7 cm³/mol. The number of aldehydes is 1. The van der Waals surface area contributed by atoms with Crippen molar-refractivity contribution in [3.63, 3.8) is 0 Å². The minimum atomic E-state index is -0.496. The average molecular weight is 247 g/mol. The summed E-state index contributed by atoms with van der Waals surface area (Å²) in [4.78, 5) is 20.8. The van der Waals surface area contributed by atoms with Crippen LogP contribution in [0.5, 0.6) is 5.75 Å². The number of rotatable bonds is 4. The molecule has 2 rings (SSSR count). The van der Waals surface area contributed by atoms with Crippen molar-refractivity contribution in [2.24, 2.45) is 0 Å². The summed E-state index contributed by atoms with van der Waals surface area (Å²) in [6.45, 7) is 0. The van der Waals surface area contributed by atoms with Crippen molar-refractivity contribution >= 4 is 12.0 Å². The molecule has 0 bridgehead atoms. The van der Waals surface area contributed by atoms with Crippen LogP contribution in [0.2, 0.25) is 0 Å². The Balaban J connectivity index is 2.55. The maximum atomic E-state index is 10.7. The first kappa shape index (κ1) is 11.8. The molecule has 92 valence electrons. The predicted octanol–water partition coefficient (Wildman–Crippen LogP) is 2.68. The average Bonchev–Trinajstić information content (AvgIpc) is 2.86. The minimum Gasteiger partial charge on any atom is -0.496 e. The molecule has 0 radical (unpaired) electrons. The number of nitro benzene ring substituents is 1. The van der Waals surface area contributed by atoms with Gasteiger partial charge in [-0.05, 0) is 12.1 Å². The molecule has 0 aliphatic rings. The fraction of sp³-hybridized carbons (Fsp3) is 0.0833. The fourth-order valence-electron chi connectivity index (χ4n) is 1.59. The van der Waals surface area contributed by atoms with Crippen LogP contribution >= 0.6 is 0 Å². The Kier molecular flexibility index (Phi) is 3.09. The fourth-order valence-corrected chi connectivity index (χ4v) is 1.59. The van der Waals surface area contributed by atoms with Crippen molar-refractivity contribution in [3.8, 4) is 16.9 Å². The van der Waals surface area contributed by atoms with Gasteiger partial charge in [0.2, 0.25) is 0 Å². The topological polar surface area (TPSA) is 82.6 Å². The molecule has 1 aromatic carbocycles. The van der Waals surface area contributed by atoms with Gasteiger partial charge in [0.15, 0.2) is 12.0 Å². The molecule has 0 aliphatic heterocycles. The van der Waals surface area contributed by atoms with Gasteiger partial charge in [-0.2, -0.15) is 0 Å². The SMILES string of the molecule is COc1ccc([N+](=O)[O-])cc1-c1coc(C=O)c1. The molecule has 1 aromatic heterocycles. The normalized spacial score (nSPS) is 10.1. The van der Waals surface area contributed by atoms with Gasteiger partial charge in [0.25, 0.3) is 5.69 Å². The molecule has 0 saturated heterocycles. The van der Waals surface area contributed by atoms with Crippen LogP contribution in [0.1, 0.15) is 10.6 Å². The highest BCUT2D eigenvalue weighted by molar-refractivity contribution is 5.78. The third-order valence-electron chi connectivity index (χ3n) is 2.44. The zero-order valence-electron chi connectivity index (χ0n) is 9.45. The number of non-ortho nitro benzene ring substituents is 1. The van der Waals surface area contributed by atoms with Gasteiger partial charge in [0.1, 0.15) is 5.75 Å². The molecule has 0 aliphatic carbocycles. The number of nitrogens with zero attached hydrogens (tertiary/aromatic N) is 1. The van der Waals surface area contributed by atoms with Crippen molar-refractivity contribution in [1.82, 2.24) is 0 Å². The maximum Gasteiger partial charge on any atom is 0.270 e. The largest absolute Gasteiger partial charge is 0.496 e. The summed E-state index contributed by atoms with van der Waals surface area (Å²) in [5.41, 5.74) is 1.00. The van der Waals surface area contributed by atoms with E-state index in [0.29, 0.717) is 23.2 Å². The highest BCUT2D eigenvalue weighted by Crippen LogP contribution is 2.34. The zero-order valence-corrected chi connectivity index (χ0v) is 9.45. The van der Waals surface area contributed by atoms with Crippen LogP contribution in [0.25, 0.3) is 11.1 Å². The summed E-state index contributed by atoms with van der Waals surface area (Å²) in [5.74, 6) is 0.623. The molecule has 0 atom stereocenters. The summed E-state index contributed by atoms with van der Waals surface area (Å²) >= 11 is 0. The highest BCUT2D eigenvalue weighted by Gasteiger charge is 2.14. The van der Waals surface area contributed by atoms with Crippen LogP contribution in [0.15, 0.2) is 34.9 Å². The van der Waals surface area contributed by atoms with E-state index >= 15 is 0 Å². The molecule has 0 fully saturated rings. The van der Waals surface area contributed by atoms with E-state index in [0.717, 1.165) is 0 Å². The second-order valence-electron chi connectivity index (χ2n) is 3.50. The number of nitro groups is 1. The lowest BCUT2D eigenvalue weighted by atomic mass is 10.1. The van der Waals surface area contributed by atoms with E-state index in [1.54, 1.807) is 0 Å². The lowest BCUT2D eigenvalue weighted by Crippen LogP contribution is -1.91. The van der Waals surface area contributed by atoms with Crippen LogP contribution in [-0.4, -0.2) is 18.3 Å². The summed E-state index contributed by atoms with van der Waals surface area (Å²) in [5, 5.41) is 10.7. The number of carbonyl (C=O) groups excluding carboxylic acids is 1. The smallest absolute Gasteiger partial charge is 0.270 e. The molecule has 1 heterocycles. The van der Waals surface area contributed by atoms with Crippen LogP contribution < -0.4 is 4.74 Å². The summed E-state index contributed by atoms with van der Waals surface area (Å²) in [6.07, 6.45) is 1.92. The highest BCUT2D eigenvalue weighted by atomic mass is 16.6. The third-order valence-corrected chi connectivity index (χ3v) is 2.44. The summed E-state index contributed by atoms with van der Waals surface area (Å²) in [7, 11) is 1.46. The van der Waals surface area contributed by atoms with Gasteiger partial charge < -0.3 is 9.15 Å². The van der Waals surface area contributed by atoms with Crippen LogP contribution in [0, 0.1) is 10.1 Å². The molecule has 2 aromatic rings. The van der Waals surface area contributed by atoms with Crippen LogP contribution in [0.4, 0.5) is 5.69 Å². The van der Waals surface area contributed by atoms with Gasteiger partial charge in [-0.15, -0.1) is 0 Å². The third kappa shape index (κ3) is 2.08. The van der Waals surface area contributed by atoms with Gasteiger partial charge in [-0.25, -0.2) is 0 Å². The number of ether oxygens (including phenoxy) is 1. The molecule has 0 spiro atoms. The van der Waals surface area contributed by atoms with Crippen molar-refractivity contribution in [3.05, 3.63) is 46.4 Å². The Morgan fingerprint density at radius 1 is 1.39 bits per heavy atom. The summed E-state index contributed by atoms with van der Waals surface area (Å²) in [6, 6.07) is 5.72. The molecule has 0 unspecified atom stereocenters. The van der Waals surface area contributed by atoms with Crippen molar-refractivity contribution in [2.45, 2.75) is 0 Å². The molecule has 6 heteroatoms. The van der Waals surface area contributed by atoms with Crippen molar-refractivity contribution in [2.75, 3.05) is 7.11 Å². The van der Waals surface area contributed by atoms with E-state index < -0.39 is 4.92 Å². The molecule has 18 heavy (non-hydrogen) atoms. The van der Waals surface area contributed by atoms with Gasteiger partial charge >= 0.3 is 0 Å². The van der Waals surface area contributed by atoms with E-state index in [4.69, 9.17) is 9.15 Å². The molecule has 0 N–H and O–H groups in total. The Labute approximate surface area is 102 Å². The van der Waals surface area contributed by atoms with Crippen molar-refractivity contribution < 1.29 is 18.9 Å². The number of furan rings is 1. The standard InChI is InChI=1S/C12H9NO5/c1-17-12-3-2-9(13(15)16)5-11(12)8-4-10(6-14)18-7-8/h2-7H,1H3. The first-order valence-electron chi connectivity index (χ1n) is 5.02. The molecule has 0 saturated carbocycles. The number of hydrogen-bond donors (Lipinski definition) is 0. The number of hydrogen-bond acceptors (Lipinski definition) is 5. The monoisotopic (exact) mass is 247 g/mol. The van der Waals surface area contributed by atoms with E-state index in [9.17, 15) is 14.9 Å². The van der Waals surface area contributed by atoms with E-state index in [1.165, 1.54) is 37.6 Å². The molecule has 0 amide bonds. The molecular weight excluding hydrogens is 238 g/mol. The Bertz CT molecular complexity index is 602. The second kappa shape index (κ2) is 4.70. The van der Waals surface area contributed by atoms with Gasteiger partial charge in [-0.1, -0.05) is 0 Å². The van der Waals surface area contributed by atoms with E-state index in [-0.39, 0.29) is 11.4 Å². The zero-order chi connectivity index (χ0) is 13.1. The van der Waals surface area contributed by atoms with E-state index in [2.05, 4.69) is 0 Å². The number of benzene rings is 1. The number of carbonyl (C=O) groups is 1. The Morgan fingerprint density at radius 3 is 2.72 bits per heavy atom. The van der Waals surface area contributed by atoms with Crippen LogP contribution in [-0.2, 0) is 0 Å². The molecular formula is C12H9NO5. The maximum absolute atomic E-state index is 10.7. The van der Waals surface area contributed by atoms with Crippen LogP contribution in [0.3, 0.4) is 0 Å². The first-order valence-corrected chi connectivity index (χ1v) is 5.02. The first-order chi connectivity index (χ1) is 8.65. The number of methoxy groups -OCH3 is 1. The Hall–Kier alpha value is -2.63. The second-order valence-corrected chi connectivity index (χ2v) is 3.50. The Morgan fingerprint density at radius 2 is 2.17 bits per heavy atom. The van der Waals surface area contributed by atoms with E-state index in [1.807, 2.05) is 0 Å². The lowest BCUT2D eigenvalue weighted by Gasteiger charge is -2.05. The summed E-state index contributed by atoms with van der Waals surface area (Å²) < 4.78 is 10.1. The quantitative estimate of drug-likeness (QED) is 0.471. The van der Waals surface area contributed by atoms with Gasteiger partial charge in [-0.3, -0.25) is 14.9 Å². The van der Waals surface area contributed by atoms with Gasteiger partial charge in [0.05, 0.1) is 18.3 Å². The van der Waals surface area contributed by atoms with Gasteiger partial charge in [0, 0.05) is 23.3 Å². The molecule has 6 nitrogen and oxygen atoms in total. The van der Waals surface area contributed by atoms with Crippen molar-refractivity contribution in [1.29, 1.82) is 0 Å². The lowest BCUT2D eigenvalue weighted by molar-refractivity contribution is -0.384.